The Labute approximate surface area is 120 Å². The van der Waals surface area contributed by atoms with Crippen molar-refractivity contribution in [3.63, 3.8) is 0 Å². The van der Waals surface area contributed by atoms with E-state index in [0.717, 1.165) is 19.6 Å². The number of likely N-dealkylation sites (tertiary alicyclic amines) is 1. The summed E-state index contributed by atoms with van der Waals surface area (Å²) >= 11 is 0. The number of hydrogen-bond acceptors (Lipinski definition) is 3. The van der Waals surface area contributed by atoms with Gasteiger partial charge in [-0.3, -0.25) is 0 Å². The van der Waals surface area contributed by atoms with Crippen molar-refractivity contribution in [2.24, 2.45) is 5.92 Å². The van der Waals surface area contributed by atoms with E-state index in [0.29, 0.717) is 11.8 Å². The Morgan fingerprint density at radius 2 is 2.05 bits per heavy atom. The van der Waals surface area contributed by atoms with Gasteiger partial charge in [0.2, 0.25) is 0 Å². The highest BCUT2D eigenvalue weighted by Crippen LogP contribution is 2.40. The molecule has 4 nitrogen and oxygen atoms in total. The lowest BCUT2D eigenvalue weighted by molar-refractivity contribution is 0.0287. The number of rotatable bonds is 0. The van der Waals surface area contributed by atoms with Crippen LogP contribution in [0.3, 0.4) is 0 Å². The van der Waals surface area contributed by atoms with Gasteiger partial charge in [-0.15, -0.1) is 0 Å². The predicted octanol–water partition coefficient (Wildman–Crippen LogP) is 3.06. The van der Waals surface area contributed by atoms with Crippen molar-refractivity contribution in [3.8, 4) is 0 Å². The summed E-state index contributed by atoms with van der Waals surface area (Å²) < 4.78 is 5.48. The first-order chi connectivity index (χ1) is 9.44. The Bertz CT molecular complexity index is 521. The van der Waals surface area contributed by atoms with Gasteiger partial charge in [0.05, 0.1) is 0 Å². The Morgan fingerprint density at radius 3 is 2.80 bits per heavy atom. The second-order valence-corrected chi connectivity index (χ2v) is 6.72. The van der Waals surface area contributed by atoms with Crippen LogP contribution in [0.25, 0.3) is 0 Å². The first-order valence-corrected chi connectivity index (χ1v) is 7.25. The first kappa shape index (κ1) is 13.3. The number of carbonyl (C=O) groups excluding carboxylic acids is 1. The molecule has 0 radical (unpaired) electrons. The number of amides is 1. The average molecular weight is 274 g/mol. The lowest BCUT2D eigenvalue weighted by atomic mass is 9.85. The first-order valence-electron chi connectivity index (χ1n) is 7.25. The zero-order valence-corrected chi connectivity index (χ0v) is 12.3. The number of nitrogens with zero attached hydrogens (tertiary/aromatic N) is 1. The van der Waals surface area contributed by atoms with Gasteiger partial charge in [0.1, 0.15) is 5.60 Å². The number of ether oxygens (including phenoxy) is 1. The molecule has 0 bridgehead atoms. The van der Waals surface area contributed by atoms with Crippen molar-refractivity contribution in [1.29, 1.82) is 0 Å². The van der Waals surface area contributed by atoms with E-state index in [1.165, 1.54) is 11.3 Å². The van der Waals surface area contributed by atoms with Gasteiger partial charge in [0, 0.05) is 37.2 Å². The third-order valence-electron chi connectivity index (χ3n) is 4.01. The van der Waals surface area contributed by atoms with Crippen LogP contribution >= 0.6 is 0 Å². The van der Waals surface area contributed by atoms with Crippen LogP contribution in [0, 0.1) is 5.92 Å². The highest BCUT2D eigenvalue weighted by atomic mass is 16.6. The number of para-hydroxylation sites is 1. The fraction of sp³-hybridized carbons (Fsp3) is 0.562. The Kier molecular flexibility index (Phi) is 3.11. The highest BCUT2D eigenvalue weighted by molar-refractivity contribution is 5.69. The van der Waals surface area contributed by atoms with Crippen molar-refractivity contribution in [2.75, 3.05) is 25.0 Å². The number of fused-ring (bicyclic) bond motifs is 3. The predicted molar refractivity (Wildman–Crippen MR) is 79.0 cm³/mol. The summed E-state index contributed by atoms with van der Waals surface area (Å²) in [6, 6.07) is 8.39. The molecule has 0 saturated carbocycles. The molecule has 1 aromatic carbocycles. The van der Waals surface area contributed by atoms with E-state index >= 15 is 0 Å². The van der Waals surface area contributed by atoms with E-state index in [1.807, 2.05) is 31.7 Å². The highest BCUT2D eigenvalue weighted by Gasteiger charge is 2.40. The zero-order valence-electron chi connectivity index (χ0n) is 12.3. The minimum absolute atomic E-state index is 0.190. The topological polar surface area (TPSA) is 41.6 Å². The van der Waals surface area contributed by atoms with Crippen LogP contribution in [0.15, 0.2) is 24.3 Å². The zero-order chi connectivity index (χ0) is 14.3. The summed E-state index contributed by atoms with van der Waals surface area (Å²) in [5.74, 6) is 0.914. The van der Waals surface area contributed by atoms with Crippen molar-refractivity contribution in [2.45, 2.75) is 32.3 Å². The third-order valence-corrected chi connectivity index (χ3v) is 4.01. The average Bonchev–Trinajstić information content (AvgIpc) is 2.81. The Balaban J connectivity index is 1.75. The van der Waals surface area contributed by atoms with Gasteiger partial charge in [0.25, 0.3) is 0 Å². The molecule has 2 aliphatic rings. The maximum absolute atomic E-state index is 12.2. The molecule has 108 valence electrons. The van der Waals surface area contributed by atoms with Gasteiger partial charge in [-0.2, -0.15) is 0 Å². The molecular weight excluding hydrogens is 252 g/mol. The summed E-state index contributed by atoms with van der Waals surface area (Å²) in [4.78, 5) is 14.1. The maximum Gasteiger partial charge on any atom is 0.410 e. The Hall–Kier alpha value is -1.71. The van der Waals surface area contributed by atoms with Crippen LogP contribution in [0.5, 0.6) is 0 Å². The van der Waals surface area contributed by atoms with E-state index in [2.05, 4.69) is 23.5 Å². The molecule has 1 N–H and O–H groups in total. The summed E-state index contributed by atoms with van der Waals surface area (Å²) in [7, 11) is 0. The lowest BCUT2D eigenvalue weighted by Gasteiger charge is -2.28. The fourth-order valence-electron chi connectivity index (χ4n) is 3.13. The summed E-state index contributed by atoms with van der Waals surface area (Å²) in [5.41, 5.74) is 2.11. The molecule has 1 fully saturated rings. The molecule has 0 spiro atoms. The smallest absolute Gasteiger partial charge is 0.410 e. The minimum atomic E-state index is -0.430. The second kappa shape index (κ2) is 4.69. The molecule has 0 aliphatic carbocycles. The molecule has 2 heterocycles. The molecule has 20 heavy (non-hydrogen) atoms. The second-order valence-electron chi connectivity index (χ2n) is 6.72. The number of anilines is 1. The molecule has 1 amide bonds. The molecule has 1 aromatic rings. The van der Waals surface area contributed by atoms with Gasteiger partial charge in [-0.25, -0.2) is 4.79 Å². The van der Waals surface area contributed by atoms with Crippen LogP contribution in [-0.4, -0.2) is 36.2 Å². The van der Waals surface area contributed by atoms with Gasteiger partial charge < -0.3 is 15.0 Å². The van der Waals surface area contributed by atoms with Crippen LogP contribution in [0.4, 0.5) is 10.5 Å². The SMILES string of the molecule is CC(C)(C)OC(=O)N1CC2CNc3ccccc3C2C1. The van der Waals surface area contributed by atoms with Crippen molar-refractivity contribution >= 4 is 11.8 Å². The number of nitrogens with one attached hydrogen (secondary N) is 1. The van der Waals surface area contributed by atoms with E-state index in [9.17, 15) is 4.79 Å². The molecule has 2 aliphatic heterocycles. The number of carbonyl (C=O) groups is 1. The van der Waals surface area contributed by atoms with E-state index in [-0.39, 0.29) is 6.09 Å². The van der Waals surface area contributed by atoms with Crippen molar-refractivity contribution in [3.05, 3.63) is 29.8 Å². The van der Waals surface area contributed by atoms with Crippen LogP contribution in [-0.2, 0) is 4.74 Å². The van der Waals surface area contributed by atoms with Crippen molar-refractivity contribution < 1.29 is 9.53 Å². The normalized spacial score (nSPS) is 24.6. The Morgan fingerprint density at radius 1 is 1.30 bits per heavy atom. The molecule has 1 saturated heterocycles. The summed E-state index contributed by atoms with van der Waals surface area (Å²) in [5, 5.41) is 3.46. The molecule has 2 atom stereocenters. The van der Waals surface area contributed by atoms with Gasteiger partial charge in [-0.1, -0.05) is 18.2 Å². The van der Waals surface area contributed by atoms with Gasteiger partial charge >= 0.3 is 6.09 Å². The van der Waals surface area contributed by atoms with Gasteiger partial charge in [-0.05, 0) is 32.4 Å². The van der Waals surface area contributed by atoms with Crippen LogP contribution in [0.2, 0.25) is 0 Å². The van der Waals surface area contributed by atoms with E-state index in [4.69, 9.17) is 4.74 Å². The quantitative estimate of drug-likeness (QED) is 0.790. The standard InChI is InChI=1S/C16H22N2O2/c1-16(2,3)20-15(19)18-9-11-8-17-14-7-5-4-6-12(14)13(11)10-18/h4-7,11,13,17H,8-10H2,1-3H3. The fourth-order valence-corrected chi connectivity index (χ4v) is 3.13. The number of benzene rings is 1. The minimum Gasteiger partial charge on any atom is -0.444 e. The molecule has 2 unspecified atom stereocenters. The maximum atomic E-state index is 12.2. The summed E-state index contributed by atoms with van der Waals surface area (Å²) in [6.07, 6.45) is -0.190. The van der Waals surface area contributed by atoms with Gasteiger partial charge in [0.15, 0.2) is 0 Å². The molecule has 3 rings (SSSR count). The molecular formula is C16H22N2O2. The van der Waals surface area contributed by atoms with E-state index < -0.39 is 5.60 Å². The monoisotopic (exact) mass is 274 g/mol. The third kappa shape index (κ3) is 2.47. The van der Waals surface area contributed by atoms with Crippen LogP contribution in [0.1, 0.15) is 32.3 Å². The lowest BCUT2D eigenvalue weighted by Crippen LogP contribution is -2.35. The number of hydrogen-bond donors (Lipinski definition) is 1. The molecule has 4 heteroatoms. The summed E-state index contributed by atoms with van der Waals surface area (Å²) in [6.45, 7) is 8.20. The van der Waals surface area contributed by atoms with Crippen molar-refractivity contribution in [1.82, 2.24) is 4.90 Å². The largest absolute Gasteiger partial charge is 0.444 e. The van der Waals surface area contributed by atoms with Crippen LogP contribution < -0.4 is 5.32 Å². The molecule has 0 aromatic heterocycles. The van der Waals surface area contributed by atoms with E-state index in [1.54, 1.807) is 0 Å².